The molecule has 0 atom stereocenters. The molecule has 98 valence electrons. The molecular formula is C14H11F2NO2. The first-order valence-electron chi connectivity index (χ1n) is 5.57. The van der Waals surface area contributed by atoms with Crippen molar-refractivity contribution in [2.45, 2.75) is 6.43 Å². The first kappa shape index (κ1) is 13.0. The first-order chi connectivity index (χ1) is 9.15. The van der Waals surface area contributed by atoms with Gasteiger partial charge in [0.25, 0.3) is 5.91 Å². The Balaban J connectivity index is 2.09. The Kier molecular flexibility index (Phi) is 4.07. The van der Waals surface area contributed by atoms with E-state index in [0.29, 0.717) is 11.5 Å². The van der Waals surface area contributed by atoms with E-state index in [1.165, 1.54) is 12.1 Å². The van der Waals surface area contributed by atoms with Gasteiger partial charge in [0.1, 0.15) is 11.5 Å². The van der Waals surface area contributed by atoms with Crippen molar-refractivity contribution in [3.63, 3.8) is 0 Å². The smallest absolute Gasteiger partial charge is 0.315 e. The number of rotatable bonds is 4. The minimum atomic E-state index is -3.04. The van der Waals surface area contributed by atoms with Gasteiger partial charge < -0.3 is 10.1 Å². The van der Waals surface area contributed by atoms with E-state index in [0.717, 1.165) is 0 Å². The number of amides is 1. The highest BCUT2D eigenvalue weighted by molar-refractivity contribution is 5.93. The minimum absolute atomic E-state index is 0.263. The van der Waals surface area contributed by atoms with Gasteiger partial charge in [0.15, 0.2) is 0 Å². The predicted octanol–water partition coefficient (Wildman–Crippen LogP) is 3.68. The van der Waals surface area contributed by atoms with Crippen LogP contribution < -0.4 is 10.1 Å². The zero-order valence-electron chi connectivity index (χ0n) is 9.85. The highest BCUT2D eigenvalue weighted by Crippen LogP contribution is 2.23. The van der Waals surface area contributed by atoms with Crippen LogP contribution in [0.1, 0.15) is 0 Å². The second kappa shape index (κ2) is 5.95. The number of nitrogens with one attached hydrogen (secondary N) is 1. The lowest BCUT2D eigenvalue weighted by atomic mass is 10.3. The van der Waals surface area contributed by atoms with Crippen molar-refractivity contribution in [3.8, 4) is 11.5 Å². The fraction of sp³-hybridized carbons (Fsp3) is 0.0714. The zero-order valence-corrected chi connectivity index (χ0v) is 9.85. The topological polar surface area (TPSA) is 38.3 Å². The second-order valence-corrected chi connectivity index (χ2v) is 3.73. The van der Waals surface area contributed by atoms with Gasteiger partial charge in [0.2, 0.25) is 0 Å². The van der Waals surface area contributed by atoms with Crippen molar-refractivity contribution in [2.24, 2.45) is 0 Å². The summed E-state index contributed by atoms with van der Waals surface area (Å²) in [6.07, 6.45) is -3.04. The zero-order chi connectivity index (χ0) is 13.7. The molecule has 0 radical (unpaired) electrons. The molecule has 0 unspecified atom stereocenters. The lowest BCUT2D eigenvalue weighted by Crippen LogP contribution is -2.19. The Bertz CT molecular complexity index is 558. The van der Waals surface area contributed by atoms with Gasteiger partial charge in [0, 0.05) is 11.8 Å². The molecule has 5 heteroatoms. The summed E-state index contributed by atoms with van der Waals surface area (Å²) in [6.45, 7) is 0. The lowest BCUT2D eigenvalue weighted by molar-refractivity contribution is -0.126. The number of hydrogen-bond acceptors (Lipinski definition) is 2. The van der Waals surface area contributed by atoms with Crippen LogP contribution in [0.3, 0.4) is 0 Å². The molecule has 0 heterocycles. The molecule has 19 heavy (non-hydrogen) atoms. The molecule has 0 fully saturated rings. The normalized spacial score (nSPS) is 10.3. The van der Waals surface area contributed by atoms with Crippen molar-refractivity contribution < 1.29 is 18.3 Å². The van der Waals surface area contributed by atoms with Gasteiger partial charge in [0.05, 0.1) is 0 Å². The molecule has 0 aromatic heterocycles. The molecule has 0 saturated carbocycles. The highest BCUT2D eigenvalue weighted by Gasteiger charge is 2.15. The maximum absolute atomic E-state index is 12.1. The number of alkyl halides is 2. The third-order valence-corrected chi connectivity index (χ3v) is 2.28. The first-order valence-corrected chi connectivity index (χ1v) is 5.57. The summed E-state index contributed by atoms with van der Waals surface area (Å²) in [5.41, 5.74) is 0.263. The largest absolute Gasteiger partial charge is 0.457 e. The van der Waals surface area contributed by atoms with Crippen LogP contribution in [0.5, 0.6) is 11.5 Å². The molecule has 3 nitrogen and oxygen atoms in total. The van der Waals surface area contributed by atoms with Crippen LogP contribution in [0.25, 0.3) is 0 Å². The summed E-state index contributed by atoms with van der Waals surface area (Å²) >= 11 is 0. The van der Waals surface area contributed by atoms with E-state index in [2.05, 4.69) is 5.32 Å². The Morgan fingerprint density at radius 1 is 1.00 bits per heavy atom. The summed E-state index contributed by atoms with van der Waals surface area (Å²) in [4.78, 5) is 10.9. The number of hydrogen-bond donors (Lipinski definition) is 1. The Morgan fingerprint density at radius 2 is 1.68 bits per heavy atom. The molecule has 0 bridgehead atoms. The number of benzene rings is 2. The van der Waals surface area contributed by atoms with Crippen LogP contribution in [-0.4, -0.2) is 12.3 Å². The second-order valence-electron chi connectivity index (χ2n) is 3.73. The molecule has 1 N–H and O–H groups in total. The van der Waals surface area contributed by atoms with Crippen molar-refractivity contribution in [1.82, 2.24) is 0 Å². The quantitative estimate of drug-likeness (QED) is 0.913. The molecule has 1 amide bonds. The van der Waals surface area contributed by atoms with Gasteiger partial charge in [-0.3, -0.25) is 4.79 Å². The standard InChI is InChI=1S/C14H11F2NO2/c15-13(16)14(18)17-10-5-4-8-12(9-10)19-11-6-2-1-3-7-11/h1-9,13H,(H,17,18). The summed E-state index contributed by atoms with van der Waals surface area (Å²) in [7, 11) is 0. The summed E-state index contributed by atoms with van der Waals surface area (Å²) < 4.78 is 29.8. The fourth-order valence-corrected chi connectivity index (χ4v) is 1.46. The minimum Gasteiger partial charge on any atom is -0.457 e. The van der Waals surface area contributed by atoms with E-state index < -0.39 is 12.3 Å². The SMILES string of the molecule is O=C(Nc1cccc(Oc2ccccc2)c1)C(F)F. The van der Waals surface area contributed by atoms with Crippen LogP contribution in [0, 0.1) is 0 Å². The molecule has 0 saturated heterocycles. The van der Waals surface area contributed by atoms with Gasteiger partial charge in [-0.1, -0.05) is 24.3 Å². The van der Waals surface area contributed by atoms with Gasteiger partial charge in [-0.05, 0) is 24.3 Å². The Labute approximate surface area is 108 Å². The number of carbonyl (C=O) groups excluding carboxylic acids is 1. The molecule has 2 aromatic rings. The maximum Gasteiger partial charge on any atom is 0.315 e. The van der Waals surface area contributed by atoms with Crippen molar-refractivity contribution in [1.29, 1.82) is 0 Å². The number of halogens is 2. The van der Waals surface area contributed by atoms with Gasteiger partial charge in [-0.25, -0.2) is 0 Å². The van der Waals surface area contributed by atoms with Gasteiger partial charge in [-0.15, -0.1) is 0 Å². The van der Waals surface area contributed by atoms with E-state index in [9.17, 15) is 13.6 Å². The Morgan fingerprint density at radius 3 is 2.37 bits per heavy atom. The van der Waals surface area contributed by atoms with Crippen LogP contribution in [0.15, 0.2) is 54.6 Å². The average molecular weight is 263 g/mol. The predicted molar refractivity (Wildman–Crippen MR) is 67.6 cm³/mol. The monoisotopic (exact) mass is 263 g/mol. The van der Waals surface area contributed by atoms with Crippen molar-refractivity contribution in [2.75, 3.05) is 5.32 Å². The summed E-state index contributed by atoms with van der Waals surface area (Å²) in [5.74, 6) is -0.255. The van der Waals surface area contributed by atoms with Crippen molar-refractivity contribution >= 4 is 11.6 Å². The molecule has 2 rings (SSSR count). The Hall–Kier alpha value is -2.43. The molecule has 0 spiro atoms. The molecule has 2 aromatic carbocycles. The number of carbonyl (C=O) groups is 1. The summed E-state index contributed by atoms with van der Waals surface area (Å²) in [6, 6.07) is 15.3. The van der Waals surface area contributed by atoms with E-state index in [1.54, 1.807) is 24.3 Å². The average Bonchev–Trinajstić information content (AvgIpc) is 2.40. The number of ether oxygens (including phenoxy) is 1. The van der Waals surface area contributed by atoms with Crippen LogP contribution in [-0.2, 0) is 4.79 Å². The number of para-hydroxylation sites is 1. The van der Waals surface area contributed by atoms with Gasteiger partial charge in [-0.2, -0.15) is 8.78 Å². The lowest BCUT2D eigenvalue weighted by Gasteiger charge is -2.08. The third kappa shape index (κ3) is 3.77. The maximum atomic E-state index is 12.1. The van der Waals surface area contributed by atoms with E-state index >= 15 is 0 Å². The molecular weight excluding hydrogens is 252 g/mol. The van der Waals surface area contributed by atoms with E-state index in [-0.39, 0.29) is 5.69 Å². The van der Waals surface area contributed by atoms with Gasteiger partial charge >= 0.3 is 6.43 Å². The third-order valence-electron chi connectivity index (χ3n) is 2.28. The highest BCUT2D eigenvalue weighted by atomic mass is 19.3. The summed E-state index contributed by atoms with van der Waals surface area (Å²) in [5, 5.41) is 2.10. The molecule has 0 aliphatic rings. The molecule has 0 aliphatic heterocycles. The van der Waals surface area contributed by atoms with E-state index in [4.69, 9.17) is 4.74 Å². The number of anilines is 1. The van der Waals surface area contributed by atoms with Crippen LogP contribution in [0.4, 0.5) is 14.5 Å². The van der Waals surface area contributed by atoms with Crippen LogP contribution >= 0.6 is 0 Å². The van der Waals surface area contributed by atoms with Crippen molar-refractivity contribution in [3.05, 3.63) is 54.6 Å². The fourth-order valence-electron chi connectivity index (χ4n) is 1.46. The van der Waals surface area contributed by atoms with Crippen LogP contribution in [0.2, 0.25) is 0 Å². The molecule has 0 aliphatic carbocycles. The van der Waals surface area contributed by atoms with E-state index in [1.807, 2.05) is 18.2 Å².